The molecular formula is C13H11BrN4. The van der Waals surface area contributed by atoms with E-state index in [-0.39, 0.29) is 0 Å². The summed E-state index contributed by atoms with van der Waals surface area (Å²) in [5, 5.41) is 8.40. The minimum absolute atomic E-state index is 0.724. The van der Waals surface area contributed by atoms with Gasteiger partial charge in [-0.2, -0.15) is 0 Å². The summed E-state index contributed by atoms with van der Waals surface area (Å²) in [4.78, 5) is 0. The first-order chi connectivity index (χ1) is 8.65. The molecule has 18 heavy (non-hydrogen) atoms. The van der Waals surface area contributed by atoms with Crippen LogP contribution in [0, 0.1) is 6.92 Å². The molecule has 0 saturated heterocycles. The van der Waals surface area contributed by atoms with Crippen molar-refractivity contribution < 1.29 is 0 Å². The molecule has 2 N–H and O–H groups in total. The van der Waals surface area contributed by atoms with Gasteiger partial charge in [-0.25, -0.2) is 0 Å². The Morgan fingerprint density at radius 2 is 2.00 bits per heavy atom. The first kappa shape index (κ1) is 11.2. The third-order valence-corrected chi connectivity index (χ3v) is 3.34. The average molecular weight is 303 g/mol. The molecule has 0 saturated carbocycles. The van der Waals surface area contributed by atoms with E-state index in [4.69, 9.17) is 5.73 Å². The third-order valence-electron chi connectivity index (χ3n) is 2.87. The molecule has 0 aliphatic heterocycles. The van der Waals surface area contributed by atoms with Gasteiger partial charge in [0.2, 0.25) is 0 Å². The highest BCUT2D eigenvalue weighted by Gasteiger charge is 2.10. The highest BCUT2D eigenvalue weighted by atomic mass is 79.9. The van der Waals surface area contributed by atoms with E-state index in [1.54, 1.807) is 0 Å². The number of pyridine rings is 1. The van der Waals surface area contributed by atoms with Gasteiger partial charge in [0.05, 0.1) is 0 Å². The maximum absolute atomic E-state index is 5.84. The lowest BCUT2D eigenvalue weighted by atomic mass is 10.1. The standard InChI is InChI=1S/C13H11BrN4/c1-8-2-4-10(15)6-11(8)13-17-16-12-5-3-9(14)7-18(12)13/h2-7H,15H2,1H3. The topological polar surface area (TPSA) is 56.2 Å². The molecule has 2 heterocycles. The lowest BCUT2D eigenvalue weighted by Crippen LogP contribution is -1.94. The van der Waals surface area contributed by atoms with Crippen molar-refractivity contribution in [2.24, 2.45) is 0 Å². The molecule has 0 spiro atoms. The Balaban J connectivity index is 2.31. The second-order valence-corrected chi connectivity index (χ2v) is 5.09. The van der Waals surface area contributed by atoms with Crippen LogP contribution in [0.2, 0.25) is 0 Å². The quantitative estimate of drug-likeness (QED) is 0.703. The minimum atomic E-state index is 0.724. The van der Waals surface area contributed by atoms with E-state index in [9.17, 15) is 0 Å². The first-order valence-corrected chi connectivity index (χ1v) is 6.31. The molecule has 0 aliphatic rings. The van der Waals surface area contributed by atoms with Crippen LogP contribution in [0.3, 0.4) is 0 Å². The molecule has 0 atom stereocenters. The molecule has 0 radical (unpaired) electrons. The van der Waals surface area contributed by atoms with E-state index < -0.39 is 0 Å². The van der Waals surface area contributed by atoms with Crippen LogP contribution >= 0.6 is 15.9 Å². The van der Waals surface area contributed by atoms with Crippen molar-refractivity contribution in [2.45, 2.75) is 6.92 Å². The number of nitrogens with two attached hydrogens (primary N) is 1. The van der Waals surface area contributed by atoms with Crippen molar-refractivity contribution in [3.05, 3.63) is 46.6 Å². The van der Waals surface area contributed by atoms with Crippen molar-refractivity contribution >= 4 is 27.3 Å². The van der Waals surface area contributed by atoms with E-state index >= 15 is 0 Å². The minimum Gasteiger partial charge on any atom is -0.399 e. The molecule has 4 nitrogen and oxygen atoms in total. The van der Waals surface area contributed by atoms with Crippen LogP contribution in [0.5, 0.6) is 0 Å². The van der Waals surface area contributed by atoms with Gasteiger partial charge in [-0.15, -0.1) is 10.2 Å². The number of fused-ring (bicyclic) bond motifs is 1. The van der Waals surface area contributed by atoms with E-state index in [1.807, 2.05) is 47.9 Å². The smallest absolute Gasteiger partial charge is 0.168 e. The number of hydrogen-bond acceptors (Lipinski definition) is 3. The highest BCUT2D eigenvalue weighted by molar-refractivity contribution is 9.10. The molecule has 3 rings (SSSR count). The van der Waals surface area contributed by atoms with Crippen LogP contribution < -0.4 is 5.73 Å². The van der Waals surface area contributed by atoms with E-state index in [1.165, 1.54) is 0 Å². The first-order valence-electron chi connectivity index (χ1n) is 5.52. The van der Waals surface area contributed by atoms with E-state index in [0.29, 0.717) is 0 Å². The largest absolute Gasteiger partial charge is 0.399 e. The van der Waals surface area contributed by atoms with Gasteiger partial charge in [0.15, 0.2) is 11.5 Å². The summed E-state index contributed by atoms with van der Waals surface area (Å²) in [6.07, 6.45) is 1.95. The van der Waals surface area contributed by atoms with Gasteiger partial charge < -0.3 is 5.73 Å². The summed E-state index contributed by atoms with van der Waals surface area (Å²) in [5.74, 6) is 0.802. The van der Waals surface area contributed by atoms with Crippen LogP contribution in [0.15, 0.2) is 41.0 Å². The number of nitrogens with zero attached hydrogens (tertiary/aromatic N) is 3. The summed E-state index contributed by atoms with van der Waals surface area (Å²) in [5.41, 5.74) is 9.50. The molecule has 0 unspecified atom stereocenters. The normalized spacial score (nSPS) is 11.0. The average Bonchev–Trinajstić information content (AvgIpc) is 2.75. The van der Waals surface area contributed by atoms with Gasteiger partial charge in [-0.3, -0.25) is 4.40 Å². The van der Waals surface area contributed by atoms with Crippen molar-refractivity contribution in [2.75, 3.05) is 5.73 Å². The zero-order valence-electron chi connectivity index (χ0n) is 9.76. The predicted molar refractivity (Wildman–Crippen MR) is 75.3 cm³/mol. The number of aryl methyl sites for hydroxylation is 1. The number of benzene rings is 1. The Morgan fingerprint density at radius 1 is 1.17 bits per heavy atom. The Hall–Kier alpha value is -1.88. The van der Waals surface area contributed by atoms with Crippen molar-refractivity contribution in [3.8, 4) is 11.4 Å². The number of hydrogen-bond donors (Lipinski definition) is 1. The van der Waals surface area contributed by atoms with Crippen LogP contribution in [0.4, 0.5) is 5.69 Å². The third kappa shape index (κ3) is 1.76. The molecule has 90 valence electrons. The lowest BCUT2D eigenvalue weighted by Gasteiger charge is -2.05. The maximum Gasteiger partial charge on any atom is 0.168 e. The van der Waals surface area contributed by atoms with E-state index in [2.05, 4.69) is 26.1 Å². The zero-order valence-corrected chi connectivity index (χ0v) is 11.3. The molecule has 0 amide bonds. The van der Waals surface area contributed by atoms with Gasteiger partial charge in [-0.1, -0.05) is 6.07 Å². The molecule has 2 aromatic heterocycles. The Bertz CT molecular complexity index is 733. The van der Waals surface area contributed by atoms with Crippen molar-refractivity contribution in [1.82, 2.24) is 14.6 Å². The molecule has 0 fully saturated rings. The lowest BCUT2D eigenvalue weighted by molar-refractivity contribution is 1.11. The molecule has 0 bridgehead atoms. The van der Waals surface area contributed by atoms with Gasteiger partial charge >= 0.3 is 0 Å². The fourth-order valence-electron chi connectivity index (χ4n) is 1.93. The molecule has 5 heteroatoms. The van der Waals surface area contributed by atoms with Crippen molar-refractivity contribution in [1.29, 1.82) is 0 Å². The van der Waals surface area contributed by atoms with Gasteiger partial charge in [0.1, 0.15) is 0 Å². The van der Waals surface area contributed by atoms with Crippen molar-refractivity contribution in [3.63, 3.8) is 0 Å². The van der Waals surface area contributed by atoms with Gasteiger partial charge in [-0.05, 0) is 52.7 Å². The summed E-state index contributed by atoms with van der Waals surface area (Å²) >= 11 is 3.46. The van der Waals surface area contributed by atoms with Crippen LogP contribution in [-0.2, 0) is 0 Å². The number of aromatic nitrogens is 3. The van der Waals surface area contributed by atoms with E-state index in [0.717, 1.165) is 32.8 Å². The zero-order chi connectivity index (χ0) is 12.7. The molecule has 1 aromatic carbocycles. The summed E-state index contributed by atoms with van der Waals surface area (Å²) in [6, 6.07) is 9.66. The van der Waals surface area contributed by atoms with Crippen LogP contribution in [0.1, 0.15) is 5.56 Å². The number of halogens is 1. The second kappa shape index (κ2) is 4.10. The number of nitrogen functional groups attached to an aromatic ring is 1. The molecule has 3 aromatic rings. The van der Waals surface area contributed by atoms with Gasteiger partial charge in [0.25, 0.3) is 0 Å². The Morgan fingerprint density at radius 3 is 2.83 bits per heavy atom. The number of anilines is 1. The van der Waals surface area contributed by atoms with Crippen LogP contribution in [-0.4, -0.2) is 14.6 Å². The Labute approximate surface area is 113 Å². The summed E-state index contributed by atoms with van der Waals surface area (Å²) < 4.78 is 2.93. The fourth-order valence-corrected chi connectivity index (χ4v) is 2.27. The van der Waals surface area contributed by atoms with Crippen LogP contribution in [0.25, 0.3) is 17.0 Å². The SMILES string of the molecule is Cc1ccc(N)cc1-c1nnc2ccc(Br)cn12. The summed E-state index contributed by atoms with van der Waals surface area (Å²) in [7, 11) is 0. The summed E-state index contributed by atoms with van der Waals surface area (Å²) in [6.45, 7) is 2.04. The molecule has 0 aliphatic carbocycles. The maximum atomic E-state index is 5.84. The predicted octanol–water partition coefficient (Wildman–Crippen LogP) is 3.05. The Kier molecular flexibility index (Phi) is 2.56. The highest BCUT2D eigenvalue weighted by Crippen LogP contribution is 2.25. The second-order valence-electron chi connectivity index (χ2n) is 4.17. The fraction of sp³-hybridized carbons (Fsp3) is 0.0769. The monoisotopic (exact) mass is 302 g/mol. The number of rotatable bonds is 1. The van der Waals surface area contributed by atoms with Gasteiger partial charge in [0, 0.05) is 21.9 Å². The molecular weight excluding hydrogens is 292 g/mol.